The van der Waals surface area contributed by atoms with Gasteiger partial charge in [-0.25, -0.2) is 0 Å². The standard InChI is InChI=1S/C23H24N2.2CH3.Fe/c1-16-8-9-22(19(4)12-16)23(20-13-17(2)11-18(3)14-20)25-15-21-7-5-6-10-24-21;;;/h5-15,23H,1-4H3;2*1H3;/q;2*-1;+2. The Kier molecular flexibility index (Phi) is 10.7. The molecule has 148 valence electrons. The van der Waals surface area contributed by atoms with Gasteiger partial charge in [-0.1, -0.05) is 59.2 Å². The number of nitrogens with zero attached hydrogens (tertiary/aromatic N) is 2. The van der Waals surface area contributed by atoms with Crippen molar-refractivity contribution >= 4 is 6.21 Å². The van der Waals surface area contributed by atoms with Gasteiger partial charge in [0.1, 0.15) is 6.04 Å². The fourth-order valence-electron chi connectivity index (χ4n) is 3.25. The molecule has 28 heavy (non-hydrogen) atoms. The molecule has 3 rings (SSSR count). The van der Waals surface area contributed by atoms with Crippen molar-refractivity contribution in [2.45, 2.75) is 33.7 Å². The molecule has 0 radical (unpaired) electrons. The number of hydrogen-bond acceptors (Lipinski definition) is 2. The van der Waals surface area contributed by atoms with Crippen molar-refractivity contribution in [3.63, 3.8) is 0 Å². The first-order valence-electron chi connectivity index (χ1n) is 8.62. The Balaban J connectivity index is 0.00000243. The van der Waals surface area contributed by atoms with Gasteiger partial charge in [0.15, 0.2) is 0 Å². The molecule has 0 saturated carbocycles. The normalized spacial score (nSPS) is 11.1. The summed E-state index contributed by atoms with van der Waals surface area (Å²) in [7, 11) is 0. The Morgan fingerprint density at radius 2 is 1.50 bits per heavy atom. The van der Waals surface area contributed by atoms with Gasteiger partial charge in [-0.15, -0.1) is 0 Å². The molecular formula is C25H30FeN2. The first-order valence-corrected chi connectivity index (χ1v) is 8.62. The Labute approximate surface area is 181 Å². The number of hydrogen-bond donors (Lipinski definition) is 0. The molecule has 1 unspecified atom stereocenters. The van der Waals surface area contributed by atoms with Crippen LogP contribution in [0.3, 0.4) is 0 Å². The second kappa shape index (κ2) is 11.6. The summed E-state index contributed by atoms with van der Waals surface area (Å²) >= 11 is 0. The molecule has 0 N–H and O–H groups in total. The predicted molar refractivity (Wildman–Crippen MR) is 118 cm³/mol. The number of benzene rings is 2. The van der Waals surface area contributed by atoms with Crippen molar-refractivity contribution < 1.29 is 17.1 Å². The zero-order chi connectivity index (χ0) is 17.8. The third-order valence-electron chi connectivity index (χ3n) is 4.32. The number of rotatable bonds is 4. The minimum Gasteiger partial charge on any atom is -0.358 e. The second-order valence-electron chi connectivity index (χ2n) is 6.72. The molecule has 0 bridgehead atoms. The number of aryl methyl sites for hydroxylation is 4. The van der Waals surface area contributed by atoms with Crippen LogP contribution in [-0.2, 0) is 17.1 Å². The average molecular weight is 414 g/mol. The van der Waals surface area contributed by atoms with Crippen LogP contribution in [0.4, 0.5) is 0 Å². The van der Waals surface area contributed by atoms with E-state index in [0.29, 0.717) is 0 Å². The molecule has 2 aromatic carbocycles. The summed E-state index contributed by atoms with van der Waals surface area (Å²) in [6, 6.07) is 19.1. The molecule has 0 fully saturated rings. The van der Waals surface area contributed by atoms with E-state index in [9.17, 15) is 0 Å². The molecule has 3 aromatic rings. The summed E-state index contributed by atoms with van der Waals surface area (Å²) in [5, 5.41) is 0. The van der Waals surface area contributed by atoms with Crippen molar-refractivity contribution in [1.29, 1.82) is 0 Å². The third kappa shape index (κ3) is 6.44. The van der Waals surface area contributed by atoms with Crippen molar-refractivity contribution in [2.24, 2.45) is 4.99 Å². The summed E-state index contributed by atoms with van der Waals surface area (Å²) in [5.41, 5.74) is 8.40. The van der Waals surface area contributed by atoms with Crippen molar-refractivity contribution in [1.82, 2.24) is 4.98 Å². The second-order valence-corrected chi connectivity index (χ2v) is 6.72. The van der Waals surface area contributed by atoms with E-state index in [-0.39, 0.29) is 38.0 Å². The largest absolute Gasteiger partial charge is 2.00 e. The Morgan fingerprint density at radius 1 is 0.821 bits per heavy atom. The van der Waals surface area contributed by atoms with Crippen LogP contribution in [0.2, 0.25) is 0 Å². The van der Waals surface area contributed by atoms with E-state index in [0.717, 1.165) is 5.69 Å². The molecule has 1 atom stereocenters. The van der Waals surface area contributed by atoms with Gasteiger partial charge >= 0.3 is 17.1 Å². The van der Waals surface area contributed by atoms with Crippen LogP contribution in [0.1, 0.15) is 45.1 Å². The van der Waals surface area contributed by atoms with E-state index >= 15 is 0 Å². The van der Waals surface area contributed by atoms with E-state index in [1.54, 1.807) is 6.20 Å². The minimum atomic E-state index is -0.0267. The SMILES string of the molecule is Cc1cc(C)cc(C(N=Cc2ccccn2)c2ccc(C)cc2C)c1.[CH3-].[CH3-].[Fe+2]. The summed E-state index contributed by atoms with van der Waals surface area (Å²) < 4.78 is 0. The molecule has 0 saturated heterocycles. The zero-order valence-electron chi connectivity index (χ0n) is 17.7. The minimum absolute atomic E-state index is 0. The topological polar surface area (TPSA) is 25.2 Å². The van der Waals surface area contributed by atoms with Gasteiger partial charge in [0.05, 0.1) is 5.69 Å². The number of aliphatic imine (C=N–C) groups is 1. The van der Waals surface area contributed by atoms with Gasteiger partial charge in [0.25, 0.3) is 0 Å². The maximum atomic E-state index is 4.92. The monoisotopic (exact) mass is 414 g/mol. The summed E-state index contributed by atoms with van der Waals surface area (Å²) in [6.45, 7) is 8.56. The van der Waals surface area contributed by atoms with Crippen molar-refractivity contribution in [3.05, 3.63) is 115 Å². The van der Waals surface area contributed by atoms with Crippen LogP contribution in [0.25, 0.3) is 0 Å². The van der Waals surface area contributed by atoms with Crippen LogP contribution in [0, 0.1) is 42.5 Å². The molecule has 0 aliphatic carbocycles. The fourth-order valence-corrected chi connectivity index (χ4v) is 3.25. The third-order valence-corrected chi connectivity index (χ3v) is 4.32. The summed E-state index contributed by atoms with van der Waals surface area (Å²) in [6.07, 6.45) is 3.67. The van der Waals surface area contributed by atoms with Crippen LogP contribution < -0.4 is 0 Å². The first-order chi connectivity index (χ1) is 12.0. The van der Waals surface area contributed by atoms with Gasteiger partial charge in [-0.05, 0) is 56.5 Å². The smallest absolute Gasteiger partial charge is 0.358 e. The van der Waals surface area contributed by atoms with Crippen molar-refractivity contribution in [3.8, 4) is 0 Å². The Bertz CT molecular complexity index is 881. The van der Waals surface area contributed by atoms with Crippen LogP contribution in [0.15, 0.2) is 65.8 Å². The first kappa shape index (κ1) is 25.8. The average Bonchev–Trinajstić information content (AvgIpc) is 2.57. The summed E-state index contributed by atoms with van der Waals surface area (Å²) in [5.74, 6) is 0. The zero-order valence-corrected chi connectivity index (χ0v) is 18.8. The molecular weight excluding hydrogens is 384 g/mol. The van der Waals surface area contributed by atoms with E-state index in [2.05, 4.69) is 69.1 Å². The van der Waals surface area contributed by atoms with E-state index in [4.69, 9.17) is 4.99 Å². The fraction of sp³-hybridized carbons (Fsp3) is 0.200. The van der Waals surface area contributed by atoms with Crippen LogP contribution in [-0.4, -0.2) is 11.2 Å². The molecule has 0 aliphatic heterocycles. The maximum Gasteiger partial charge on any atom is 2.00 e. The predicted octanol–water partition coefficient (Wildman–Crippen LogP) is 6.42. The van der Waals surface area contributed by atoms with Gasteiger partial charge in [0.2, 0.25) is 0 Å². The van der Waals surface area contributed by atoms with Gasteiger partial charge < -0.3 is 14.9 Å². The molecule has 0 aliphatic rings. The molecule has 0 amide bonds. The Morgan fingerprint density at radius 3 is 2.07 bits per heavy atom. The molecule has 3 heteroatoms. The van der Waals surface area contributed by atoms with E-state index in [1.807, 2.05) is 24.4 Å². The van der Waals surface area contributed by atoms with Crippen LogP contribution >= 0.6 is 0 Å². The van der Waals surface area contributed by atoms with Crippen LogP contribution in [0.5, 0.6) is 0 Å². The molecule has 1 heterocycles. The van der Waals surface area contributed by atoms with E-state index < -0.39 is 0 Å². The molecule has 2 nitrogen and oxygen atoms in total. The summed E-state index contributed by atoms with van der Waals surface area (Å²) in [4.78, 5) is 9.28. The molecule has 1 aromatic heterocycles. The molecule has 0 spiro atoms. The Hall–Kier alpha value is -2.22. The maximum absolute atomic E-state index is 4.92. The quantitative estimate of drug-likeness (QED) is 0.275. The van der Waals surface area contributed by atoms with E-state index in [1.165, 1.54) is 33.4 Å². The van der Waals surface area contributed by atoms with Crippen molar-refractivity contribution in [2.75, 3.05) is 0 Å². The van der Waals surface area contributed by atoms with Gasteiger partial charge in [0, 0.05) is 12.4 Å². The van der Waals surface area contributed by atoms with Gasteiger partial charge in [-0.2, -0.15) is 0 Å². The number of pyridine rings is 1. The number of aromatic nitrogens is 1. The van der Waals surface area contributed by atoms with Gasteiger partial charge in [-0.3, -0.25) is 9.98 Å².